The quantitative estimate of drug-likeness (QED) is 0.338. The minimum absolute atomic E-state index is 0.124. The van der Waals surface area contributed by atoms with E-state index in [-0.39, 0.29) is 23.9 Å². The van der Waals surface area contributed by atoms with Crippen LogP contribution < -0.4 is 14.2 Å². The summed E-state index contributed by atoms with van der Waals surface area (Å²) < 4.78 is 17.7. The molecule has 0 spiro atoms. The molecule has 3 aromatic rings. The number of methoxy groups -OCH3 is 1. The first-order valence-corrected chi connectivity index (χ1v) is 10.4. The third-order valence-electron chi connectivity index (χ3n) is 4.98. The number of ketones is 2. The van der Waals surface area contributed by atoms with Crippen LogP contribution in [0, 0.1) is 6.92 Å². The fraction of sp³-hybridized carbons (Fsp3) is 0.120. The van der Waals surface area contributed by atoms with E-state index in [9.17, 15) is 9.59 Å². The van der Waals surface area contributed by atoms with Crippen LogP contribution in [0.5, 0.6) is 17.2 Å². The third-order valence-corrected chi connectivity index (χ3v) is 5.50. The van der Waals surface area contributed by atoms with Gasteiger partial charge in [-0.25, -0.2) is 0 Å². The number of rotatable bonds is 6. The summed E-state index contributed by atoms with van der Waals surface area (Å²) in [4.78, 5) is 25.2. The van der Waals surface area contributed by atoms with Gasteiger partial charge in [0.15, 0.2) is 18.1 Å². The molecule has 3 aromatic carbocycles. The number of fused-ring (bicyclic) bond motifs is 1. The Morgan fingerprint density at radius 2 is 1.74 bits per heavy atom. The molecule has 5 nitrogen and oxygen atoms in total. The van der Waals surface area contributed by atoms with Gasteiger partial charge in [0, 0.05) is 15.6 Å². The summed E-state index contributed by atoms with van der Waals surface area (Å²) in [5.74, 6) is 1.56. The lowest BCUT2D eigenvalue weighted by Gasteiger charge is -2.11. The number of carbonyl (C=O) groups excluding carboxylic acids is 2. The highest BCUT2D eigenvalue weighted by Crippen LogP contribution is 2.39. The molecule has 0 bridgehead atoms. The molecule has 0 radical (unpaired) electrons. The van der Waals surface area contributed by atoms with Gasteiger partial charge < -0.3 is 14.2 Å². The topological polar surface area (TPSA) is 61.8 Å². The number of allylic oxidation sites excluding steroid dienone is 1. The molecule has 1 aliphatic rings. The van der Waals surface area contributed by atoms with Gasteiger partial charge in [-0.05, 0) is 67.1 Å². The second-order valence-corrected chi connectivity index (χ2v) is 7.91. The van der Waals surface area contributed by atoms with Crippen molar-refractivity contribution in [2.45, 2.75) is 6.92 Å². The van der Waals surface area contributed by atoms with Crippen LogP contribution in [-0.4, -0.2) is 25.3 Å². The van der Waals surface area contributed by atoms with Crippen LogP contribution in [0.3, 0.4) is 0 Å². The van der Waals surface area contributed by atoms with E-state index in [2.05, 4.69) is 15.9 Å². The predicted molar refractivity (Wildman–Crippen MR) is 121 cm³/mol. The van der Waals surface area contributed by atoms with Crippen LogP contribution in [0.4, 0.5) is 0 Å². The summed E-state index contributed by atoms with van der Waals surface area (Å²) >= 11 is 3.39. The van der Waals surface area contributed by atoms with Crippen molar-refractivity contribution in [3.05, 3.63) is 93.1 Å². The van der Waals surface area contributed by atoms with E-state index >= 15 is 0 Å². The van der Waals surface area contributed by atoms with Crippen LogP contribution in [0.25, 0.3) is 6.08 Å². The van der Waals surface area contributed by atoms with Gasteiger partial charge in [0.05, 0.1) is 12.7 Å². The van der Waals surface area contributed by atoms with Gasteiger partial charge in [-0.1, -0.05) is 28.1 Å². The number of Topliss-reactive ketones (excluding diaryl/α,β-unsaturated/α-hetero) is 2. The molecule has 0 N–H and O–H groups in total. The fourth-order valence-corrected chi connectivity index (χ4v) is 3.50. The SMILES string of the molecule is COc1ccc(C(=O)COc2ccc3c(c2C)O/C(=C\c2ccc(Br)cc2)C3=O)cc1. The first-order valence-electron chi connectivity index (χ1n) is 9.59. The molecular weight excluding hydrogens is 460 g/mol. The molecule has 0 unspecified atom stereocenters. The third kappa shape index (κ3) is 4.39. The Labute approximate surface area is 188 Å². The zero-order chi connectivity index (χ0) is 22.0. The van der Waals surface area contributed by atoms with E-state index < -0.39 is 0 Å². The molecule has 0 atom stereocenters. The minimum atomic E-state index is -0.179. The molecule has 0 aromatic heterocycles. The normalized spacial score (nSPS) is 13.6. The summed E-state index contributed by atoms with van der Waals surface area (Å²) in [6.07, 6.45) is 1.71. The van der Waals surface area contributed by atoms with Gasteiger partial charge in [0.1, 0.15) is 17.2 Å². The Bertz CT molecular complexity index is 1180. The monoisotopic (exact) mass is 478 g/mol. The lowest BCUT2D eigenvalue weighted by atomic mass is 10.1. The average Bonchev–Trinajstić information content (AvgIpc) is 3.11. The molecule has 31 heavy (non-hydrogen) atoms. The molecule has 1 heterocycles. The fourth-order valence-electron chi connectivity index (χ4n) is 3.24. The zero-order valence-corrected chi connectivity index (χ0v) is 18.6. The highest BCUT2D eigenvalue weighted by molar-refractivity contribution is 9.10. The van der Waals surface area contributed by atoms with Crippen molar-refractivity contribution in [3.63, 3.8) is 0 Å². The summed E-state index contributed by atoms with van der Waals surface area (Å²) in [6.45, 7) is 1.68. The van der Waals surface area contributed by atoms with E-state index in [1.165, 1.54) is 0 Å². The van der Waals surface area contributed by atoms with Crippen molar-refractivity contribution in [3.8, 4) is 17.2 Å². The number of ether oxygens (including phenoxy) is 3. The smallest absolute Gasteiger partial charge is 0.231 e. The van der Waals surface area contributed by atoms with E-state index in [0.717, 1.165) is 10.0 Å². The van der Waals surface area contributed by atoms with Gasteiger partial charge in [-0.15, -0.1) is 0 Å². The van der Waals surface area contributed by atoms with Crippen molar-refractivity contribution < 1.29 is 23.8 Å². The largest absolute Gasteiger partial charge is 0.497 e. The van der Waals surface area contributed by atoms with Crippen molar-refractivity contribution in [2.75, 3.05) is 13.7 Å². The van der Waals surface area contributed by atoms with Gasteiger partial charge in [-0.3, -0.25) is 9.59 Å². The summed E-state index contributed by atoms with van der Waals surface area (Å²) in [5.41, 5.74) is 2.55. The maximum Gasteiger partial charge on any atom is 0.231 e. The second-order valence-electron chi connectivity index (χ2n) is 7.00. The number of benzene rings is 3. The molecule has 1 aliphatic heterocycles. The minimum Gasteiger partial charge on any atom is -0.497 e. The molecule has 0 aliphatic carbocycles. The van der Waals surface area contributed by atoms with E-state index in [0.29, 0.717) is 33.9 Å². The summed E-state index contributed by atoms with van der Waals surface area (Å²) in [5, 5.41) is 0. The zero-order valence-electron chi connectivity index (χ0n) is 17.0. The van der Waals surface area contributed by atoms with Crippen LogP contribution in [0.15, 0.2) is 70.9 Å². The van der Waals surface area contributed by atoms with Crippen LogP contribution in [0.1, 0.15) is 31.8 Å². The standard InChI is InChI=1S/C25H19BrO5/c1-15-22(30-14-21(27)17-5-9-19(29-2)10-6-17)12-11-20-24(28)23(31-25(15)20)13-16-3-7-18(26)8-4-16/h3-13H,14H2,1-2H3/b23-13-. The molecule has 0 fully saturated rings. The molecule has 4 rings (SSSR count). The van der Waals surface area contributed by atoms with Crippen LogP contribution >= 0.6 is 15.9 Å². The maximum atomic E-state index is 12.7. The van der Waals surface area contributed by atoms with Crippen molar-refractivity contribution in [1.29, 1.82) is 0 Å². The van der Waals surface area contributed by atoms with Crippen molar-refractivity contribution in [1.82, 2.24) is 0 Å². The van der Waals surface area contributed by atoms with Gasteiger partial charge >= 0.3 is 0 Å². The van der Waals surface area contributed by atoms with Gasteiger partial charge in [0.25, 0.3) is 0 Å². The first kappa shape index (κ1) is 20.9. The van der Waals surface area contributed by atoms with Crippen LogP contribution in [-0.2, 0) is 0 Å². The lowest BCUT2D eigenvalue weighted by molar-refractivity contribution is 0.0920. The number of carbonyl (C=O) groups is 2. The highest BCUT2D eigenvalue weighted by Gasteiger charge is 2.30. The van der Waals surface area contributed by atoms with Gasteiger partial charge in [0.2, 0.25) is 5.78 Å². The Hall–Kier alpha value is -3.38. The molecule has 156 valence electrons. The molecular formula is C25H19BrO5. The Morgan fingerprint density at radius 3 is 2.42 bits per heavy atom. The lowest BCUT2D eigenvalue weighted by Crippen LogP contribution is -2.12. The second kappa shape index (κ2) is 8.78. The molecule has 6 heteroatoms. The van der Waals surface area contributed by atoms with E-state index in [4.69, 9.17) is 14.2 Å². The van der Waals surface area contributed by atoms with Gasteiger partial charge in [-0.2, -0.15) is 0 Å². The highest BCUT2D eigenvalue weighted by atomic mass is 79.9. The van der Waals surface area contributed by atoms with E-state index in [1.54, 1.807) is 49.6 Å². The van der Waals surface area contributed by atoms with Crippen molar-refractivity contribution in [2.24, 2.45) is 0 Å². The van der Waals surface area contributed by atoms with E-state index in [1.807, 2.05) is 31.2 Å². The predicted octanol–water partition coefficient (Wildman–Crippen LogP) is 5.64. The maximum absolute atomic E-state index is 12.7. The first-order chi connectivity index (χ1) is 15.0. The summed E-state index contributed by atoms with van der Waals surface area (Å²) in [7, 11) is 1.57. The molecule has 0 saturated carbocycles. The molecule has 0 amide bonds. The molecule has 0 saturated heterocycles. The number of hydrogen-bond donors (Lipinski definition) is 0. The van der Waals surface area contributed by atoms with Crippen LogP contribution in [0.2, 0.25) is 0 Å². The number of halogens is 1. The number of hydrogen-bond acceptors (Lipinski definition) is 5. The Kier molecular flexibility index (Phi) is 5.91. The average molecular weight is 479 g/mol. The summed E-state index contributed by atoms with van der Waals surface area (Å²) in [6, 6.07) is 17.8. The Balaban J connectivity index is 1.50. The Morgan fingerprint density at radius 1 is 1.03 bits per heavy atom. The van der Waals surface area contributed by atoms with Crippen molar-refractivity contribution >= 4 is 33.6 Å².